The summed E-state index contributed by atoms with van der Waals surface area (Å²) in [5.74, 6) is -0.572. The molecule has 2 N–H and O–H groups in total. The minimum absolute atomic E-state index is 0.128. The van der Waals surface area contributed by atoms with Crippen LogP contribution in [0.3, 0.4) is 0 Å². The van der Waals surface area contributed by atoms with Crippen LogP contribution in [0.2, 0.25) is 10.0 Å². The standard InChI is InChI=1S/C14H7Cl2NO2/c15-6-1-2-7-9(5-6)14(19)11-8(13(7)18)3-4-10(16)12(11)17/h1-5H,17H2. The third-order valence-electron chi connectivity index (χ3n) is 3.13. The molecule has 0 saturated heterocycles. The fourth-order valence-corrected chi connectivity index (χ4v) is 2.54. The van der Waals surface area contributed by atoms with Gasteiger partial charge in [0.15, 0.2) is 11.6 Å². The molecule has 5 heteroatoms. The smallest absolute Gasteiger partial charge is 0.196 e. The molecule has 1 aliphatic rings. The molecule has 0 heterocycles. The van der Waals surface area contributed by atoms with Crippen molar-refractivity contribution in [1.82, 2.24) is 0 Å². The second kappa shape index (κ2) is 4.08. The van der Waals surface area contributed by atoms with Gasteiger partial charge in [-0.2, -0.15) is 0 Å². The van der Waals surface area contributed by atoms with Gasteiger partial charge in [-0.1, -0.05) is 23.2 Å². The lowest BCUT2D eigenvalue weighted by Crippen LogP contribution is -2.22. The molecular weight excluding hydrogens is 285 g/mol. The summed E-state index contributed by atoms with van der Waals surface area (Å²) >= 11 is 11.8. The van der Waals surface area contributed by atoms with Crippen LogP contribution in [-0.2, 0) is 0 Å². The van der Waals surface area contributed by atoms with Crippen LogP contribution < -0.4 is 5.73 Å². The molecule has 0 amide bonds. The van der Waals surface area contributed by atoms with E-state index in [1.807, 2.05) is 0 Å². The number of ketones is 2. The Morgan fingerprint density at radius 3 is 2.26 bits per heavy atom. The molecule has 0 aromatic heterocycles. The first kappa shape index (κ1) is 12.2. The molecule has 0 saturated carbocycles. The van der Waals surface area contributed by atoms with Gasteiger partial charge in [-0.3, -0.25) is 9.59 Å². The monoisotopic (exact) mass is 291 g/mol. The Morgan fingerprint density at radius 1 is 0.842 bits per heavy atom. The minimum atomic E-state index is -0.327. The number of hydrogen-bond acceptors (Lipinski definition) is 3. The number of halogens is 2. The second-order valence-corrected chi connectivity index (χ2v) is 5.08. The molecule has 0 aliphatic heterocycles. The van der Waals surface area contributed by atoms with E-state index in [4.69, 9.17) is 28.9 Å². The highest BCUT2D eigenvalue weighted by molar-refractivity contribution is 6.37. The van der Waals surface area contributed by atoms with Crippen molar-refractivity contribution in [3.63, 3.8) is 0 Å². The molecule has 0 atom stereocenters. The van der Waals surface area contributed by atoms with Crippen LogP contribution in [0.5, 0.6) is 0 Å². The zero-order chi connectivity index (χ0) is 13.7. The molecule has 0 bridgehead atoms. The zero-order valence-corrected chi connectivity index (χ0v) is 11.0. The first-order chi connectivity index (χ1) is 9.00. The summed E-state index contributed by atoms with van der Waals surface area (Å²) in [6, 6.07) is 7.63. The van der Waals surface area contributed by atoms with Crippen molar-refractivity contribution in [3.8, 4) is 0 Å². The molecule has 0 fully saturated rings. The number of fused-ring (bicyclic) bond motifs is 2. The number of anilines is 1. The van der Waals surface area contributed by atoms with E-state index in [-0.39, 0.29) is 39.0 Å². The largest absolute Gasteiger partial charge is 0.397 e. The highest BCUT2D eigenvalue weighted by Gasteiger charge is 2.32. The lowest BCUT2D eigenvalue weighted by molar-refractivity contribution is 0.0979. The van der Waals surface area contributed by atoms with Crippen LogP contribution in [0.15, 0.2) is 30.3 Å². The van der Waals surface area contributed by atoms with Crippen molar-refractivity contribution in [2.45, 2.75) is 0 Å². The normalized spacial score (nSPS) is 13.2. The molecule has 94 valence electrons. The highest BCUT2D eigenvalue weighted by Crippen LogP contribution is 2.35. The van der Waals surface area contributed by atoms with E-state index >= 15 is 0 Å². The number of hydrogen-bond donors (Lipinski definition) is 1. The zero-order valence-electron chi connectivity index (χ0n) is 9.54. The van der Waals surface area contributed by atoms with Gasteiger partial charge in [0.1, 0.15) is 0 Å². The van der Waals surface area contributed by atoms with Gasteiger partial charge < -0.3 is 5.73 Å². The average Bonchev–Trinajstić information content (AvgIpc) is 2.39. The molecule has 0 radical (unpaired) electrons. The van der Waals surface area contributed by atoms with E-state index in [0.717, 1.165) is 0 Å². The third kappa shape index (κ3) is 1.66. The summed E-state index contributed by atoms with van der Waals surface area (Å²) in [4.78, 5) is 24.8. The number of rotatable bonds is 0. The summed E-state index contributed by atoms with van der Waals surface area (Å²) in [6.07, 6.45) is 0. The molecule has 2 aromatic rings. The maximum Gasteiger partial charge on any atom is 0.196 e. The second-order valence-electron chi connectivity index (χ2n) is 4.23. The first-order valence-electron chi connectivity index (χ1n) is 5.47. The van der Waals surface area contributed by atoms with Gasteiger partial charge in [0, 0.05) is 21.7 Å². The Labute approximate surface area is 118 Å². The van der Waals surface area contributed by atoms with Gasteiger partial charge in [0.25, 0.3) is 0 Å². The van der Waals surface area contributed by atoms with Gasteiger partial charge in [-0.15, -0.1) is 0 Å². The van der Waals surface area contributed by atoms with Crippen LogP contribution >= 0.6 is 23.2 Å². The van der Waals surface area contributed by atoms with Crippen LogP contribution in [-0.4, -0.2) is 11.6 Å². The van der Waals surface area contributed by atoms with Gasteiger partial charge in [0.2, 0.25) is 0 Å². The number of benzene rings is 2. The van der Waals surface area contributed by atoms with E-state index in [1.165, 1.54) is 18.2 Å². The fourth-order valence-electron chi connectivity index (χ4n) is 2.21. The topological polar surface area (TPSA) is 60.2 Å². The van der Waals surface area contributed by atoms with Gasteiger partial charge in [-0.25, -0.2) is 0 Å². The first-order valence-corrected chi connectivity index (χ1v) is 6.23. The summed E-state index contributed by atoms with van der Waals surface area (Å²) < 4.78 is 0. The van der Waals surface area contributed by atoms with Crippen LogP contribution in [0, 0.1) is 0 Å². The Morgan fingerprint density at radius 2 is 1.53 bits per heavy atom. The predicted octanol–water partition coefficient (Wildman–Crippen LogP) is 3.35. The summed E-state index contributed by atoms with van der Waals surface area (Å²) in [6.45, 7) is 0. The molecule has 3 nitrogen and oxygen atoms in total. The fraction of sp³-hybridized carbons (Fsp3) is 0. The van der Waals surface area contributed by atoms with Gasteiger partial charge >= 0.3 is 0 Å². The lowest BCUT2D eigenvalue weighted by Gasteiger charge is -2.19. The molecule has 3 rings (SSSR count). The van der Waals surface area contributed by atoms with Crippen molar-refractivity contribution < 1.29 is 9.59 Å². The maximum absolute atomic E-state index is 12.4. The quantitative estimate of drug-likeness (QED) is 0.646. The van der Waals surface area contributed by atoms with Crippen molar-refractivity contribution in [2.75, 3.05) is 5.73 Å². The van der Waals surface area contributed by atoms with Crippen LogP contribution in [0.25, 0.3) is 0 Å². The van der Waals surface area contributed by atoms with Crippen molar-refractivity contribution in [1.29, 1.82) is 0 Å². The average molecular weight is 292 g/mol. The van der Waals surface area contributed by atoms with Crippen molar-refractivity contribution >= 4 is 40.5 Å². The molecule has 1 aliphatic carbocycles. The van der Waals surface area contributed by atoms with Gasteiger partial charge in [-0.05, 0) is 30.3 Å². The van der Waals surface area contributed by atoms with E-state index < -0.39 is 0 Å². The number of nitrogens with two attached hydrogens (primary N) is 1. The van der Waals surface area contributed by atoms with E-state index in [2.05, 4.69) is 0 Å². The molecule has 2 aromatic carbocycles. The molecule has 0 spiro atoms. The summed E-state index contributed by atoms with van der Waals surface area (Å²) in [7, 11) is 0. The number of nitrogen functional groups attached to an aromatic ring is 1. The van der Waals surface area contributed by atoms with E-state index in [0.29, 0.717) is 10.6 Å². The Kier molecular flexibility index (Phi) is 2.62. The van der Waals surface area contributed by atoms with Crippen LogP contribution in [0.4, 0.5) is 5.69 Å². The summed E-state index contributed by atoms with van der Waals surface area (Å²) in [5.41, 5.74) is 6.98. The van der Waals surface area contributed by atoms with Crippen molar-refractivity contribution in [2.24, 2.45) is 0 Å². The maximum atomic E-state index is 12.4. The summed E-state index contributed by atoms with van der Waals surface area (Å²) in [5, 5.41) is 0.648. The minimum Gasteiger partial charge on any atom is -0.397 e. The Balaban J connectivity index is 2.36. The van der Waals surface area contributed by atoms with E-state index in [9.17, 15) is 9.59 Å². The lowest BCUT2D eigenvalue weighted by atomic mass is 9.83. The predicted molar refractivity (Wildman–Crippen MR) is 74.2 cm³/mol. The Bertz CT molecular complexity index is 753. The highest BCUT2D eigenvalue weighted by atomic mass is 35.5. The number of carbonyl (C=O) groups excluding carboxylic acids is 2. The third-order valence-corrected chi connectivity index (χ3v) is 3.70. The van der Waals surface area contributed by atoms with E-state index in [1.54, 1.807) is 12.1 Å². The SMILES string of the molecule is Nc1c(Cl)ccc2c1C(=O)c1cc(Cl)ccc1C2=O. The molecule has 0 unspecified atom stereocenters. The molecule has 19 heavy (non-hydrogen) atoms. The molecular formula is C14H7Cl2NO2. The number of carbonyl (C=O) groups is 2. The van der Waals surface area contributed by atoms with Crippen LogP contribution in [0.1, 0.15) is 31.8 Å². The van der Waals surface area contributed by atoms with Crippen molar-refractivity contribution in [3.05, 3.63) is 62.6 Å². The Hall–Kier alpha value is -1.84. The van der Waals surface area contributed by atoms with Gasteiger partial charge in [0.05, 0.1) is 16.3 Å².